The van der Waals surface area contributed by atoms with Crippen molar-refractivity contribution in [3.8, 4) is 0 Å². The molecule has 106 valence electrons. The molecule has 0 unspecified atom stereocenters. The molecule has 1 rings (SSSR count). The summed E-state index contributed by atoms with van der Waals surface area (Å²) in [6.45, 7) is 9.08. The largest absolute Gasteiger partial charge is 0.395 e. The van der Waals surface area contributed by atoms with Gasteiger partial charge in [-0.25, -0.2) is 0 Å². The highest BCUT2D eigenvalue weighted by Crippen LogP contribution is 2.11. The van der Waals surface area contributed by atoms with Crippen LogP contribution in [0.2, 0.25) is 0 Å². The van der Waals surface area contributed by atoms with Crippen LogP contribution in [-0.4, -0.2) is 46.3 Å². The minimum Gasteiger partial charge on any atom is -0.395 e. The molecule has 1 aromatic heterocycles. The van der Waals surface area contributed by atoms with Gasteiger partial charge in [-0.15, -0.1) is 38.4 Å². The van der Waals surface area contributed by atoms with E-state index in [9.17, 15) is 0 Å². The number of hydrogen-bond acceptors (Lipinski definition) is 8. The van der Waals surface area contributed by atoms with Crippen molar-refractivity contribution in [2.75, 3.05) is 31.1 Å². The van der Waals surface area contributed by atoms with Gasteiger partial charge in [0.25, 0.3) is 0 Å². The smallest absolute Gasteiger partial charge is 0.230 e. The summed E-state index contributed by atoms with van der Waals surface area (Å²) < 4.78 is 0. The highest BCUT2D eigenvalue weighted by atomic mass is 32.1. The Kier molecular flexibility index (Phi) is 10.2. The third-order valence-electron chi connectivity index (χ3n) is 1.71. The molecule has 0 aliphatic heterocycles. The molecule has 0 fully saturated rings. The maximum absolute atomic E-state index is 7.75. The molecular weight excluding hydrogens is 282 g/mol. The van der Waals surface area contributed by atoms with E-state index in [4.69, 9.17) is 10.8 Å². The van der Waals surface area contributed by atoms with Crippen LogP contribution >= 0.6 is 25.3 Å². The number of aliphatic hydroxyl groups excluding tert-OH is 1. The van der Waals surface area contributed by atoms with Crippen molar-refractivity contribution in [2.45, 2.75) is 10.3 Å². The van der Waals surface area contributed by atoms with Crippen LogP contribution in [-0.2, 0) is 0 Å². The molecule has 1 aromatic rings. The first-order valence-electron chi connectivity index (χ1n) is 5.50. The van der Waals surface area contributed by atoms with Crippen LogP contribution in [0.1, 0.15) is 0 Å². The fourth-order valence-corrected chi connectivity index (χ4v) is 1.48. The first kappa shape index (κ1) is 17.9. The monoisotopic (exact) mass is 301 g/mol. The second kappa shape index (κ2) is 10.8. The first-order chi connectivity index (χ1) is 9.08. The molecule has 0 aliphatic carbocycles. The number of nitrogens with zero attached hydrogens (tertiary/aromatic N) is 4. The van der Waals surface area contributed by atoms with E-state index < -0.39 is 0 Å². The van der Waals surface area contributed by atoms with Crippen LogP contribution in [0.15, 0.2) is 35.6 Å². The number of nitrogens with two attached hydrogens (primary N) is 1. The second-order valence-electron chi connectivity index (χ2n) is 3.23. The summed E-state index contributed by atoms with van der Waals surface area (Å²) in [7, 11) is 0. The zero-order chi connectivity index (χ0) is 14.7. The zero-order valence-corrected chi connectivity index (χ0v) is 12.4. The molecule has 0 aromatic carbocycles. The predicted molar refractivity (Wildman–Crippen MR) is 83.1 cm³/mol. The van der Waals surface area contributed by atoms with Gasteiger partial charge in [0.15, 0.2) is 10.3 Å². The van der Waals surface area contributed by atoms with E-state index in [1.807, 2.05) is 4.90 Å². The summed E-state index contributed by atoms with van der Waals surface area (Å²) >= 11 is 8.13. The van der Waals surface area contributed by atoms with Gasteiger partial charge < -0.3 is 15.7 Å². The summed E-state index contributed by atoms with van der Waals surface area (Å²) in [5, 5.41) is 8.45. The van der Waals surface area contributed by atoms with E-state index in [2.05, 4.69) is 53.4 Å². The van der Waals surface area contributed by atoms with Crippen LogP contribution in [0.5, 0.6) is 0 Å². The lowest BCUT2D eigenvalue weighted by Gasteiger charge is -2.18. The Bertz CT molecular complexity index is 370. The van der Waals surface area contributed by atoms with Crippen LogP contribution in [0.3, 0.4) is 0 Å². The summed E-state index contributed by atoms with van der Waals surface area (Å²) in [5.74, 6) is 0.528. The Labute approximate surface area is 124 Å². The molecule has 0 amide bonds. The first-order valence-corrected chi connectivity index (χ1v) is 6.40. The number of aliphatic hydroxyl groups is 1. The van der Waals surface area contributed by atoms with Gasteiger partial charge in [0.1, 0.15) is 0 Å². The maximum atomic E-state index is 7.75. The Morgan fingerprint density at radius 3 is 1.84 bits per heavy atom. The Morgan fingerprint density at radius 1 is 1.11 bits per heavy atom. The number of thiol groups is 2. The predicted octanol–water partition coefficient (Wildman–Crippen LogP) is 0.565. The third kappa shape index (κ3) is 7.83. The van der Waals surface area contributed by atoms with Gasteiger partial charge in [-0.2, -0.15) is 15.0 Å². The lowest BCUT2D eigenvalue weighted by Crippen LogP contribution is -2.25. The topological polar surface area (TPSA) is 88.2 Å². The summed E-state index contributed by atoms with van der Waals surface area (Å²) in [6.07, 6.45) is 3.54. The fourth-order valence-electron chi connectivity index (χ4n) is 1.03. The Hall–Kier alpha value is -1.09. The van der Waals surface area contributed by atoms with Crippen molar-refractivity contribution in [3.05, 3.63) is 25.3 Å². The van der Waals surface area contributed by atoms with Crippen LogP contribution < -0.4 is 10.6 Å². The minimum absolute atomic E-state index is 0.0972. The van der Waals surface area contributed by atoms with Gasteiger partial charge in [-0.3, -0.25) is 0 Å². The normalized spacial score (nSPS) is 9.26. The average Bonchev–Trinajstić information content (AvgIpc) is 2.37. The van der Waals surface area contributed by atoms with Crippen molar-refractivity contribution in [3.63, 3.8) is 0 Å². The van der Waals surface area contributed by atoms with Crippen LogP contribution in [0, 0.1) is 0 Å². The molecule has 0 radical (unpaired) electrons. The van der Waals surface area contributed by atoms with Gasteiger partial charge in [0, 0.05) is 19.6 Å². The van der Waals surface area contributed by atoms with E-state index in [0.717, 1.165) is 0 Å². The molecule has 19 heavy (non-hydrogen) atoms. The number of aromatic nitrogens is 3. The van der Waals surface area contributed by atoms with E-state index in [-0.39, 0.29) is 6.61 Å². The summed E-state index contributed by atoms with van der Waals surface area (Å²) in [5.41, 5.74) is 4.78. The van der Waals surface area contributed by atoms with Gasteiger partial charge >= 0.3 is 0 Å². The van der Waals surface area contributed by atoms with Gasteiger partial charge in [0.2, 0.25) is 5.95 Å². The van der Waals surface area contributed by atoms with Crippen LogP contribution in [0.4, 0.5) is 5.95 Å². The maximum Gasteiger partial charge on any atom is 0.230 e. The molecule has 1 heterocycles. The molecule has 0 spiro atoms. The van der Waals surface area contributed by atoms with Crippen molar-refractivity contribution >= 4 is 31.2 Å². The number of rotatable bonds is 6. The molecule has 0 bridgehead atoms. The molecular formula is C11H19N5OS2. The molecule has 8 heteroatoms. The van der Waals surface area contributed by atoms with E-state index >= 15 is 0 Å². The van der Waals surface area contributed by atoms with E-state index in [1.54, 1.807) is 12.2 Å². The SMILES string of the molecule is C=CCN(CC=C)c1nc(S)nc(S)n1.NCCO. The minimum atomic E-state index is 0.0972. The summed E-state index contributed by atoms with van der Waals surface area (Å²) in [4.78, 5) is 13.9. The molecule has 3 N–H and O–H groups in total. The van der Waals surface area contributed by atoms with E-state index in [0.29, 0.717) is 35.9 Å². The number of anilines is 1. The van der Waals surface area contributed by atoms with Crippen LogP contribution in [0.25, 0.3) is 0 Å². The Balaban J connectivity index is 0.000000711. The standard InChI is InChI=1S/C9H12N4S2.C2H7NO/c1-3-5-13(6-4-2)7-10-8(14)12-9(15)11-7;3-1-2-4/h3-4H,1-2,5-6H2,(H2,10,11,12,14,15);4H,1-3H2. The van der Waals surface area contributed by atoms with Crippen molar-refractivity contribution in [1.82, 2.24) is 15.0 Å². The molecule has 0 atom stereocenters. The van der Waals surface area contributed by atoms with E-state index in [1.165, 1.54) is 0 Å². The second-order valence-corrected chi connectivity index (χ2v) is 4.03. The highest BCUT2D eigenvalue weighted by molar-refractivity contribution is 7.80. The molecule has 6 nitrogen and oxygen atoms in total. The molecule has 0 aliphatic rings. The quantitative estimate of drug-likeness (QED) is 0.454. The Morgan fingerprint density at radius 2 is 1.53 bits per heavy atom. The molecule has 0 saturated heterocycles. The van der Waals surface area contributed by atoms with Gasteiger partial charge in [0.05, 0.1) is 6.61 Å². The van der Waals surface area contributed by atoms with Gasteiger partial charge in [-0.1, -0.05) is 12.2 Å². The fraction of sp³-hybridized carbons (Fsp3) is 0.364. The lowest BCUT2D eigenvalue weighted by molar-refractivity contribution is 0.306. The number of hydrogen-bond donors (Lipinski definition) is 4. The lowest BCUT2D eigenvalue weighted by atomic mass is 10.5. The van der Waals surface area contributed by atoms with Crippen molar-refractivity contribution in [2.24, 2.45) is 5.73 Å². The van der Waals surface area contributed by atoms with Crippen molar-refractivity contribution < 1.29 is 5.11 Å². The highest BCUT2D eigenvalue weighted by Gasteiger charge is 2.08. The molecule has 0 saturated carbocycles. The average molecular weight is 301 g/mol. The zero-order valence-electron chi connectivity index (χ0n) is 10.6. The van der Waals surface area contributed by atoms with Crippen molar-refractivity contribution in [1.29, 1.82) is 0 Å². The van der Waals surface area contributed by atoms with Gasteiger partial charge in [-0.05, 0) is 0 Å². The summed E-state index contributed by atoms with van der Waals surface area (Å²) in [6, 6.07) is 0. The third-order valence-corrected chi connectivity index (χ3v) is 2.11.